The molecular formula is C31H34FN3O2. The van der Waals surface area contributed by atoms with Crippen molar-refractivity contribution < 1.29 is 9.18 Å². The maximum absolute atomic E-state index is 13.8. The molecule has 0 bridgehead atoms. The lowest BCUT2D eigenvalue weighted by molar-refractivity contribution is -0.134. The number of alkyl halides is 1. The van der Waals surface area contributed by atoms with Crippen LogP contribution in [0.2, 0.25) is 0 Å². The second kappa shape index (κ2) is 12.4. The second-order valence-electron chi connectivity index (χ2n) is 9.36. The highest BCUT2D eigenvalue weighted by Gasteiger charge is 2.28. The molecule has 1 aromatic heterocycles. The molecule has 1 amide bonds. The van der Waals surface area contributed by atoms with Crippen molar-refractivity contribution in [2.75, 3.05) is 13.2 Å². The fraction of sp³-hybridized carbons (Fsp3) is 0.323. The lowest BCUT2D eigenvalue weighted by atomic mass is 10.1. The third-order valence-corrected chi connectivity index (χ3v) is 6.73. The van der Waals surface area contributed by atoms with Crippen molar-refractivity contribution in [1.29, 1.82) is 0 Å². The predicted molar refractivity (Wildman–Crippen MR) is 147 cm³/mol. The summed E-state index contributed by atoms with van der Waals surface area (Å²) in [6.45, 7) is 4.06. The Hall–Kier alpha value is -3.80. The normalized spacial score (nSPS) is 12.0. The zero-order valence-electron chi connectivity index (χ0n) is 21.6. The van der Waals surface area contributed by atoms with Crippen molar-refractivity contribution in [2.45, 2.75) is 52.0 Å². The third kappa shape index (κ3) is 6.13. The van der Waals surface area contributed by atoms with Gasteiger partial charge in [0.1, 0.15) is 5.82 Å². The van der Waals surface area contributed by atoms with Crippen LogP contribution in [-0.4, -0.2) is 33.6 Å². The molecule has 0 spiro atoms. The number of nitrogens with zero attached hydrogens (tertiary/aromatic N) is 3. The van der Waals surface area contributed by atoms with Gasteiger partial charge in [0.2, 0.25) is 5.91 Å². The molecule has 1 heterocycles. The van der Waals surface area contributed by atoms with Crippen LogP contribution in [-0.2, 0) is 11.2 Å². The molecule has 37 heavy (non-hydrogen) atoms. The van der Waals surface area contributed by atoms with Gasteiger partial charge in [0, 0.05) is 13.0 Å². The molecule has 0 aliphatic heterocycles. The minimum absolute atomic E-state index is 0.0471. The van der Waals surface area contributed by atoms with Crippen molar-refractivity contribution in [3.05, 3.63) is 106 Å². The van der Waals surface area contributed by atoms with Gasteiger partial charge >= 0.3 is 0 Å². The molecule has 1 unspecified atom stereocenters. The molecule has 1 atom stereocenters. The maximum atomic E-state index is 13.8. The molecule has 0 N–H and O–H groups in total. The number of rotatable bonds is 11. The average Bonchev–Trinajstić information content (AvgIpc) is 2.92. The van der Waals surface area contributed by atoms with E-state index in [2.05, 4.69) is 0 Å². The first-order valence-electron chi connectivity index (χ1n) is 13.0. The third-order valence-electron chi connectivity index (χ3n) is 6.73. The van der Waals surface area contributed by atoms with Crippen LogP contribution in [0, 0.1) is 6.92 Å². The summed E-state index contributed by atoms with van der Waals surface area (Å²) in [5.74, 6) is 0.496. The number of halogens is 1. The van der Waals surface area contributed by atoms with Crippen molar-refractivity contribution in [2.24, 2.45) is 0 Å². The van der Waals surface area contributed by atoms with Gasteiger partial charge in [-0.25, -0.2) is 4.98 Å². The van der Waals surface area contributed by atoms with Crippen molar-refractivity contribution in [1.82, 2.24) is 14.5 Å². The second-order valence-corrected chi connectivity index (χ2v) is 9.36. The van der Waals surface area contributed by atoms with E-state index in [0.717, 1.165) is 16.8 Å². The molecule has 4 rings (SSSR count). The van der Waals surface area contributed by atoms with Crippen LogP contribution in [0.3, 0.4) is 0 Å². The molecule has 3 aromatic carbocycles. The van der Waals surface area contributed by atoms with E-state index in [1.165, 1.54) is 0 Å². The molecule has 0 fully saturated rings. The van der Waals surface area contributed by atoms with Gasteiger partial charge in [-0.1, -0.05) is 67.1 Å². The quantitative estimate of drug-likeness (QED) is 0.226. The number of aryl methyl sites for hydroxylation is 1. The Morgan fingerprint density at radius 2 is 1.68 bits per heavy atom. The van der Waals surface area contributed by atoms with E-state index in [9.17, 15) is 14.0 Å². The molecule has 0 aliphatic rings. The van der Waals surface area contributed by atoms with Gasteiger partial charge in [0.15, 0.2) is 0 Å². The van der Waals surface area contributed by atoms with Crippen LogP contribution in [0.25, 0.3) is 16.6 Å². The largest absolute Gasteiger partial charge is 0.332 e. The summed E-state index contributed by atoms with van der Waals surface area (Å²) in [5, 5.41) is 0.534. The topological polar surface area (TPSA) is 55.2 Å². The highest BCUT2D eigenvalue weighted by molar-refractivity contribution is 5.79. The van der Waals surface area contributed by atoms with Crippen LogP contribution in [0.4, 0.5) is 4.39 Å². The minimum Gasteiger partial charge on any atom is -0.332 e. The summed E-state index contributed by atoms with van der Waals surface area (Å²) in [6.07, 6.45) is 2.37. The highest BCUT2D eigenvalue weighted by Crippen LogP contribution is 2.27. The lowest BCUT2D eigenvalue weighted by Gasteiger charge is -2.32. The van der Waals surface area contributed by atoms with Crippen molar-refractivity contribution in [3.8, 4) is 5.69 Å². The first kappa shape index (κ1) is 26.3. The summed E-state index contributed by atoms with van der Waals surface area (Å²) < 4.78 is 14.4. The number of hydrogen-bond acceptors (Lipinski definition) is 3. The standard InChI is InChI=1S/C31H34FN3O2/c1-3-28(34(29(36)15-9-10-21-32)22-20-24-11-5-4-6-12-24)30-33-27-14-8-7-13-26(27)31(37)35(30)25-18-16-23(2)17-19-25/h4-8,11-14,16-19,28H,3,9-10,15,20-22H2,1-2H3. The first-order chi connectivity index (χ1) is 18.0. The molecule has 0 saturated heterocycles. The van der Waals surface area contributed by atoms with E-state index in [0.29, 0.717) is 49.0 Å². The van der Waals surface area contributed by atoms with Crippen LogP contribution in [0.15, 0.2) is 83.7 Å². The summed E-state index contributed by atoms with van der Waals surface area (Å²) >= 11 is 0. The number of aromatic nitrogens is 2. The summed E-state index contributed by atoms with van der Waals surface area (Å²) in [5.41, 5.74) is 3.39. The molecule has 192 valence electrons. The molecule has 4 aromatic rings. The Balaban J connectivity index is 1.83. The fourth-order valence-corrected chi connectivity index (χ4v) is 4.72. The summed E-state index contributed by atoms with van der Waals surface area (Å²) in [6, 6.07) is 24.7. The number of unbranched alkanes of at least 4 members (excludes halogenated alkanes) is 1. The molecule has 0 aliphatic carbocycles. The van der Waals surface area contributed by atoms with E-state index in [1.807, 2.05) is 91.5 Å². The Kier molecular flexibility index (Phi) is 8.83. The fourth-order valence-electron chi connectivity index (χ4n) is 4.72. The number of fused-ring (bicyclic) bond motifs is 1. The Labute approximate surface area is 217 Å². The van der Waals surface area contributed by atoms with Gasteiger partial charge in [-0.2, -0.15) is 0 Å². The number of para-hydroxylation sites is 1. The first-order valence-corrected chi connectivity index (χ1v) is 13.0. The molecule has 5 nitrogen and oxygen atoms in total. The van der Waals surface area contributed by atoms with Gasteiger partial charge in [-0.3, -0.25) is 18.5 Å². The summed E-state index contributed by atoms with van der Waals surface area (Å²) in [7, 11) is 0. The van der Waals surface area contributed by atoms with Crippen LogP contribution >= 0.6 is 0 Å². The Morgan fingerprint density at radius 1 is 0.973 bits per heavy atom. The van der Waals surface area contributed by atoms with Crippen LogP contribution in [0.1, 0.15) is 55.6 Å². The maximum Gasteiger partial charge on any atom is 0.266 e. The van der Waals surface area contributed by atoms with Gasteiger partial charge in [0.05, 0.1) is 29.3 Å². The van der Waals surface area contributed by atoms with Crippen LogP contribution < -0.4 is 5.56 Å². The Bertz CT molecular complexity index is 1380. The van der Waals surface area contributed by atoms with E-state index in [-0.39, 0.29) is 17.9 Å². The number of amides is 1. The monoisotopic (exact) mass is 499 g/mol. The van der Waals surface area contributed by atoms with Gasteiger partial charge in [0.25, 0.3) is 5.56 Å². The number of hydrogen-bond donors (Lipinski definition) is 0. The molecule has 0 radical (unpaired) electrons. The molecule has 6 heteroatoms. The van der Waals surface area contributed by atoms with Gasteiger partial charge in [-0.05, 0) is 62.4 Å². The SMILES string of the molecule is CCC(c1nc2ccccc2c(=O)n1-c1ccc(C)cc1)N(CCc1ccccc1)C(=O)CCCCF. The highest BCUT2D eigenvalue weighted by atomic mass is 19.1. The predicted octanol–water partition coefficient (Wildman–Crippen LogP) is 6.36. The zero-order chi connectivity index (χ0) is 26.2. The zero-order valence-corrected chi connectivity index (χ0v) is 21.6. The number of benzene rings is 3. The van der Waals surface area contributed by atoms with Crippen molar-refractivity contribution >= 4 is 16.8 Å². The van der Waals surface area contributed by atoms with Gasteiger partial charge < -0.3 is 4.90 Å². The lowest BCUT2D eigenvalue weighted by Crippen LogP contribution is -2.39. The smallest absolute Gasteiger partial charge is 0.266 e. The van der Waals surface area contributed by atoms with Crippen LogP contribution in [0.5, 0.6) is 0 Å². The average molecular weight is 500 g/mol. The van der Waals surface area contributed by atoms with E-state index >= 15 is 0 Å². The number of carbonyl (C=O) groups excluding carboxylic acids is 1. The van der Waals surface area contributed by atoms with Crippen molar-refractivity contribution in [3.63, 3.8) is 0 Å². The summed E-state index contributed by atoms with van der Waals surface area (Å²) in [4.78, 5) is 34.2. The molecule has 0 saturated carbocycles. The van der Waals surface area contributed by atoms with Gasteiger partial charge in [-0.15, -0.1) is 0 Å². The Morgan fingerprint density at radius 3 is 2.38 bits per heavy atom. The number of carbonyl (C=O) groups is 1. The van der Waals surface area contributed by atoms with E-state index < -0.39 is 12.7 Å². The molecular weight excluding hydrogens is 465 g/mol. The van der Waals surface area contributed by atoms with E-state index in [1.54, 1.807) is 10.6 Å². The van der Waals surface area contributed by atoms with E-state index in [4.69, 9.17) is 4.98 Å². The minimum atomic E-state index is -0.437.